The Morgan fingerprint density at radius 1 is 1.73 bits per heavy atom. The van der Waals surface area contributed by atoms with Gasteiger partial charge in [0.2, 0.25) is 0 Å². The Bertz CT molecular complexity index is 126. The van der Waals surface area contributed by atoms with Gasteiger partial charge in [-0.1, -0.05) is 12.2 Å². The first-order chi connectivity index (χ1) is 5.29. The van der Waals surface area contributed by atoms with Crippen LogP contribution < -0.4 is 10.6 Å². The van der Waals surface area contributed by atoms with E-state index in [9.17, 15) is 0 Å². The van der Waals surface area contributed by atoms with Crippen molar-refractivity contribution >= 4 is 0 Å². The molecule has 0 aromatic heterocycles. The van der Waals surface area contributed by atoms with Crippen molar-refractivity contribution in [2.75, 3.05) is 19.6 Å². The minimum Gasteiger partial charge on any atom is -0.315 e. The van der Waals surface area contributed by atoms with Crippen LogP contribution in [0.3, 0.4) is 0 Å². The van der Waals surface area contributed by atoms with E-state index in [4.69, 9.17) is 0 Å². The van der Waals surface area contributed by atoms with Gasteiger partial charge in [-0.25, -0.2) is 0 Å². The van der Waals surface area contributed by atoms with Crippen LogP contribution in [0.15, 0.2) is 12.2 Å². The van der Waals surface area contributed by atoms with E-state index in [-0.39, 0.29) is 0 Å². The average molecular weight is 154 g/mol. The maximum absolute atomic E-state index is 3.86. The van der Waals surface area contributed by atoms with Crippen LogP contribution in [0.2, 0.25) is 0 Å². The van der Waals surface area contributed by atoms with Crippen molar-refractivity contribution in [1.82, 2.24) is 10.6 Å². The number of hydrogen-bond acceptors (Lipinski definition) is 2. The third-order valence-corrected chi connectivity index (χ3v) is 1.99. The highest BCUT2D eigenvalue weighted by Gasteiger charge is 2.10. The van der Waals surface area contributed by atoms with Crippen LogP contribution in [-0.2, 0) is 0 Å². The van der Waals surface area contributed by atoms with Gasteiger partial charge in [0, 0.05) is 19.1 Å². The van der Waals surface area contributed by atoms with Gasteiger partial charge >= 0.3 is 0 Å². The lowest BCUT2D eigenvalue weighted by Gasteiger charge is -2.23. The molecule has 11 heavy (non-hydrogen) atoms. The zero-order valence-corrected chi connectivity index (χ0v) is 7.32. The van der Waals surface area contributed by atoms with E-state index in [1.165, 1.54) is 25.0 Å². The summed E-state index contributed by atoms with van der Waals surface area (Å²) in [5, 5.41) is 6.83. The topological polar surface area (TPSA) is 24.1 Å². The van der Waals surface area contributed by atoms with Crippen molar-refractivity contribution < 1.29 is 0 Å². The fourth-order valence-corrected chi connectivity index (χ4v) is 1.34. The molecule has 0 aromatic carbocycles. The van der Waals surface area contributed by atoms with E-state index in [2.05, 4.69) is 24.1 Å². The molecule has 1 heterocycles. The first-order valence-electron chi connectivity index (χ1n) is 4.37. The van der Waals surface area contributed by atoms with Crippen molar-refractivity contribution in [3.63, 3.8) is 0 Å². The van der Waals surface area contributed by atoms with E-state index >= 15 is 0 Å². The molecular weight excluding hydrogens is 136 g/mol. The molecule has 1 aliphatic rings. The molecule has 1 aliphatic heterocycles. The van der Waals surface area contributed by atoms with Crippen LogP contribution in [0, 0.1) is 0 Å². The number of piperidine rings is 1. The maximum atomic E-state index is 3.86. The predicted octanol–water partition coefficient (Wildman–Crippen LogP) is 0.904. The molecule has 0 aliphatic carbocycles. The van der Waals surface area contributed by atoms with Gasteiger partial charge in [-0.05, 0) is 26.3 Å². The molecule has 0 radical (unpaired) electrons. The summed E-state index contributed by atoms with van der Waals surface area (Å²) in [6.45, 7) is 9.18. The fourth-order valence-electron chi connectivity index (χ4n) is 1.34. The predicted molar refractivity (Wildman–Crippen MR) is 48.7 cm³/mol. The van der Waals surface area contributed by atoms with E-state index in [1.807, 2.05) is 0 Å². The fraction of sp³-hybridized carbons (Fsp3) is 0.778. The summed E-state index contributed by atoms with van der Waals surface area (Å²) >= 11 is 0. The van der Waals surface area contributed by atoms with E-state index in [1.54, 1.807) is 0 Å². The molecule has 0 saturated carbocycles. The van der Waals surface area contributed by atoms with Crippen LogP contribution in [0.4, 0.5) is 0 Å². The molecule has 2 nitrogen and oxygen atoms in total. The highest BCUT2D eigenvalue weighted by atomic mass is 15.0. The van der Waals surface area contributed by atoms with Crippen LogP contribution in [0.5, 0.6) is 0 Å². The smallest absolute Gasteiger partial charge is 0.0196 e. The second kappa shape index (κ2) is 4.52. The van der Waals surface area contributed by atoms with Gasteiger partial charge in [-0.15, -0.1) is 0 Å². The van der Waals surface area contributed by atoms with Gasteiger partial charge in [0.1, 0.15) is 0 Å². The Labute approximate surface area is 69.1 Å². The summed E-state index contributed by atoms with van der Waals surface area (Å²) in [6.07, 6.45) is 2.61. The van der Waals surface area contributed by atoms with Gasteiger partial charge < -0.3 is 10.6 Å². The Morgan fingerprint density at radius 2 is 2.55 bits per heavy atom. The SMILES string of the molecule is C=C(C)CNC1CCCNC1. The quantitative estimate of drug-likeness (QED) is 0.590. The molecule has 2 N–H and O–H groups in total. The lowest BCUT2D eigenvalue weighted by Crippen LogP contribution is -2.43. The summed E-state index contributed by atoms with van der Waals surface area (Å²) in [6, 6.07) is 0.667. The zero-order chi connectivity index (χ0) is 8.10. The summed E-state index contributed by atoms with van der Waals surface area (Å²) in [4.78, 5) is 0. The number of rotatable bonds is 3. The third kappa shape index (κ3) is 3.54. The standard InChI is InChI=1S/C9H18N2/c1-8(2)6-11-9-4-3-5-10-7-9/h9-11H,1,3-7H2,2H3. The van der Waals surface area contributed by atoms with E-state index in [0.29, 0.717) is 6.04 Å². The van der Waals surface area contributed by atoms with Crippen LogP contribution in [0.1, 0.15) is 19.8 Å². The summed E-state index contributed by atoms with van der Waals surface area (Å²) in [7, 11) is 0. The molecule has 1 saturated heterocycles. The monoisotopic (exact) mass is 154 g/mol. The van der Waals surface area contributed by atoms with Crippen LogP contribution >= 0.6 is 0 Å². The van der Waals surface area contributed by atoms with Gasteiger partial charge in [0.15, 0.2) is 0 Å². The van der Waals surface area contributed by atoms with Crippen molar-refractivity contribution in [1.29, 1.82) is 0 Å². The first-order valence-corrected chi connectivity index (χ1v) is 4.37. The van der Waals surface area contributed by atoms with Gasteiger partial charge in [-0.2, -0.15) is 0 Å². The van der Waals surface area contributed by atoms with Gasteiger partial charge in [-0.3, -0.25) is 0 Å². The van der Waals surface area contributed by atoms with Gasteiger partial charge in [0.25, 0.3) is 0 Å². The molecule has 1 rings (SSSR count). The molecule has 0 amide bonds. The second-order valence-electron chi connectivity index (χ2n) is 3.38. The molecule has 1 atom stereocenters. The summed E-state index contributed by atoms with van der Waals surface area (Å²) in [5.74, 6) is 0. The maximum Gasteiger partial charge on any atom is 0.0196 e. The first kappa shape index (κ1) is 8.75. The van der Waals surface area contributed by atoms with Gasteiger partial charge in [0.05, 0.1) is 0 Å². The van der Waals surface area contributed by atoms with Crippen molar-refractivity contribution in [3.05, 3.63) is 12.2 Å². The Morgan fingerprint density at radius 3 is 3.09 bits per heavy atom. The van der Waals surface area contributed by atoms with E-state index < -0.39 is 0 Å². The van der Waals surface area contributed by atoms with Crippen molar-refractivity contribution in [2.45, 2.75) is 25.8 Å². The highest BCUT2D eigenvalue weighted by Crippen LogP contribution is 2.01. The highest BCUT2D eigenvalue weighted by molar-refractivity contribution is 4.92. The number of hydrogen-bond donors (Lipinski definition) is 2. The largest absolute Gasteiger partial charge is 0.315 e. The minimum atomic E-state index is 0.667. The lowest BCUT2D eigenvalue weighted by atomic mass is 10.1. The molecule has 0 spiro atoms. The molecule has 1 fully saturated rings. The Hall–Kier alpha value is -0.340. The minimum absolute atomic E-state index is 0.667. The average Bonchev–Trinajstić information content (AvgIpc) is 2.03. The molecular formula is C9H18N2. The third-order valence-electron chi connectivity index (χ3n) is 1.99. The molecule has 2 heteroatoms. The van der Waals surface area contributed by atoms with E-state index in [0.717, 1.165) is 13.1 Å². The van der Waals surface area contributed by atoms with Crippen molar-refractivity contribution in [2.24, 2.45) is 0 Å². The molecule has 0 aromatic rings. The van der Waals surface area contributed by atoms with Crippen LogP contribution in [0.25, 0.3) is 0 Å². The van der Waals surface area contributed by atoms with Crippen molar-refractivity contribution in [3.8, 4) is 0 Å². The molecule has 0 bridgehead atoms. The Kier molecular flexibility index (Phi) is 3.60. The summed E-state index contributed by atoms with van der Waals surface area (Å²) in [5.41, 5.74) is 1.22. The summed E-state index contributed by atoms with van der Waals surface area (Å²) < 4.78 is 0. The number of nitrogens with one attached hydrogen (secondary N) is 2. The normalized spacial score (nSPS) is 25.0. The molecule has 64 valence electrons. The van der Waals surface area contributed by atoms with Crippen LogP contribution in [-0.4, -0.2) is 25.7 Å². The zero-order valence-electron chi connectivity index (χ0n) is 7.32. The molecule has 1 unspecified atom stereocenters. The second-order valence-corrected chi connectivity index (χ2v) is 3.38. The Balaban J connectivity index is 2.09. The lowest BCUT2D eigenvalue weighted by molar-refractivity contribution is 0.400.